The lowest BCUT2D eigenvalue weighted by Crippen LogP contribution is -2.50. The highest BCUT2D eigenvalue weighted by molar-refractivity contribution is 5.96. The third-order valence-electron chi connectivity index (χ3n) is 4.78. The first kappa shape index (κ1) is 21.6. The molecule has 9 heteroatoms. The van der Waals surface area contributed by atoms with Crippen LogP contribution in [0, 0.1) is 12.7 Å². The van der Waals surface area contributed by atoms with Gasteiger partial charge in [0.2, 0.25) is 0 Å². The van der Waals surface area contributed by atoms with E-state index in [1.54, 1.807) is 28.9 Å². The largest absolute Gasteiger partial charge is 0.484 e. The van der Waals surface area contributed by atoms with Crippen LogP contribution in [0.2, 0.25) is 0 Å². The second kappa shape index (κ2) is 8.73. The fourth-order valence-electron chi connectivity index (χ4n) is 3.06. The molecule has 0 atom stereocenters. The predicted octanol–water partition coefficient (Wildman–Crippen LogP) is 3.67. The average molecular weight is 424 g/mol. The van der Waals surface area contributed by atoms with Crippen molar-refractivity contribution in [3.8, 4) is 5.75 Å². The van der Waals surface area contributed by atoms with Crippen LogP contribution in [-0.2, 0) is 0 Å². The number of alkyl halides is 3. The van der Waals surface area contributed by atoms with Gasteiger partial charge in [-0.05, 0) is 48.9 Å². The minimum Gasteiger partial charge on any atom is -0.484 e. The van der Waals surface area contributed by atoms with Gasteiger partial charge in [0.1, 0.15) is 11.6 Å². The normalized spacial score (nSPS) is 14.6. The van der Waals surface area contributed by atoms with E-state index in [9.17, 15) is 27.2 Å². The van der Waals surface area contributed by atoms with Crippen molar-refractivity contribution in [3.05, 3.63) is 65.0 Å². The van der Waals surface area contributed by atoms with Crippen molar-refractivity contribution in [3.63, 3.8) is 0 Å². The van der Waals surface area contributed by atoms with Crippen LogP contribution in [0.15, 0.2) is 42.5 Å². The zero-order chi connectivity index (χ0) is 21.9. The number of carbonyl (C=O) groups is 2. The summed E-state index contributed by atoms with van der Waals surface area (Å²) < 4.78 is 54.9. The zero-order valence-electron chi connectivity index (χ0n) is 16.2. The minimum absolute atomic E-state index is 0.0182. The number of hydrogen-bond acceptors (Lipinski definition) is 3. The van der Waals surface area contributed by atoms with Crippen molar-refractivity contribution in [2.24, 2.45) is 0 Å². The highest BCUT2D eigenvalue weighted by Crippen LogP contribution is 2.20. The lowest BCUT2D eigenvalue weighted by Gasteiger charge is -2.35. The zero-order valence-corrected chi connectivity index (χ0v) is 16.2. The van der Waals surface area contributed by atoms with E-state index < -0.39 is 18.6 Å². The van der Waals surface area contributed by atoms with E-state index in [1.165, 1.54) is 30.3 Å². The first-order valence-electron chi connectivity index (χ1n) is 9.28. The molecule has 0 N–H and O–H groups in total. The third kappa shape index (κ3) is 5.28. The molecule has 0 aromatic heterocycles. The molecule has 2 amide bonds. The molecule has 160 valence electrons. The number of hydrogen-bond donors (Lipinski definition) is 0. The topological polar surface area (TPSA) is 49.9 Å². The molecule has 3 rings (SSSR count). The molecule has 2 aromatic rings. The molecular formula is C21H20F4N2O3. The number of nitrogens with zero attached hydrogens (tertiary/aromatic N) is 2. The second-order valence-corrected chi connectivity index (χ2v) is 6.98. The summed E-state index contributed by atoms with van der Waals surface area (Å²) in [6, 6.07) is 9.75. The smallest absolute Gasteiger partial charge is 0.422 e. The van der Waals surface area contributed by atoms with Gasteiger partial charge < -0.3 is 14.5 Å². The quantitative estimate of drug-likeness (QED) is 0.704. The molecule has 30 heavy (non-hydrogen) atoms. The summed E-state index contributed by atoms with van der Waals surface area (Å²) in [4.78, 5) is 28.3. The summed E-state index contributed by atoms with van der Waals surface area (Å²) in [6.45, 7) is 1.40. The van der Waals surface area contributed by atoms with Crippen LogP contribution in [0.25, 0.3) is 0 Å². The van der Waals surface area contributed by atoms with Crippen LogP contribution in [0.4, 0.5) is 17.6 Å². The van der Waals surface area contributed by atoms with Crippen molar-refractivity contribution in [1.82, 2.24) is 9.80 Å². The third-order valence-corrected chi connectivity index (χ3v) is 4.78. The maximum atomic E-state index is 13.7. The SMILES string of the molecule is Cc1ccc(C(=O)N2CCN(C(=O)c3ccc(OCC(F)(F)F)cc3)CC2)cc1F. The van der Waals surface area contributed by atoms with Crippen LogP contribution < -0.4 is 4.74 Å². The van der Waals surface area contributed by atoms with Gasteiger partial charge in [-0.25, -0.2) is 4.39 Å². The van der Waals surface area contributed by atoms with Gasteiger partial charge in [0.05, 0.1) is 0 Å². The fourth-order valence-corrected chi connectivity index (χ4v) is 3.06. The monoisotopic (exact) mass is 424 g/mol. The summed E-state index contributed by atoms with van der Waals surface area (Å²) in [5.41, 5.74) is 1.03. The van der Waals surface area contributed by atoms with E-state index in [4.69, 9.17) is 0 Å². The van der Waals surface area contributed by atoms with E-state index in [0.29, 0.717) is 37.3 Å². The Labute approximate surface area is 170 Å². The van der Waals surface area contributed by atoms with E-state index in [0.717, 1.165) is 0 Å². The Bertz CT molecular complexity index is 921. The number of amides is 2. The van der Waals surface area contributed by atoms with Crippen LogP contribution >= 0.6 is 0 Å². The number of rotatable bonds is 4. The van der Waals surface area contributed by atoms with Crippen LogP contribution in [0.5, 0.6) is 5.75 Å². The van der Waals surface area contributed by atoms with Crippen molar-refractivity contribution in [2.75, 3.05) is 32.8 Å². The Hall–Kier alpha value is -3.10. The molecule has 1 aliphatic heterocycles. The fraction of sp³-hybridized carbons (Fsp3) is 0.333. The molecule has 0 spiro atoms. The first-order valence-corrected chi connectivity index (χ1v) is 9.28. The molecule has 5 nitrogen and oxygen atoms in total. The molecule has 0 unspecified atom stereocenters. The number of carbonyl (C=O) groups excluding carboxylic acids is 2. The number of piperazine rings is 1. The predicted molar refractivity (Wildman–Crippen MR) is 101 cm³/mol. The summed E-state index contributed by atoms with van der Waals surface area (Å²) in [5.74, 6) is -1.01. The summed E-state index contributed by atoms with van der Waals surface area (Å²) in [7, 11) is 0. The molecular weight excluding hydrogens is 404 g/mol. The highest BCUT2D eigenvalue weighted by Gasteiger charge is 2.29. The maximum absolute atomic E-state index is 13.7. The summed E-state index contributed by atoms with van der Waals surface area (Å²) in [6.07, 6.45) is -4.43. The van der Waals surface area contributed by atoms with Crippen molar-refractivity contribution in [1.29, 1.82) is 0 Å². The van der Waals surface area contributed by atoms with Crippen molar-refractivity contribution >= 4 is 11.8 Å². The van der Waals surface area contributed by atoms with Gasteiger partial charge >= 0.3 is 6.18 Å². The highest BCUT2D eigenvalue weighted by atomic mass is 19.4. The van der Waals surface area contributed by atoms with Gasteiger partial charge in [0.25, 0.3) is 11.8 Å². The lowest BCUT2D eigenvalue weighted by molar-refractivity contribution is -0.153. The average Bonchev–Trinajstić information content (AvgIpc) is 2.73. The lowest BCUT2D eigenvalue weighted by atomic mass is 10.1. The summed E-state index contributed by atoms with van der Waals surface area (Å²) in [5, 5.41) is 0. The van der Waals surface area contributed by atoms with Gasteiger partial charge in [-0.2, -0.15) is 13.2 Å². The van der Waals surface area contributed by atoms with Crippen LogP contribution in [0.1, 0.15) is 26.3 Å². The van der Waals surface area contributed by atoms with Gasteiger partial charge in [-0.15, -0.1) is 0 Å². The number of benzene rings is 2. The van der Waals surface area contributed by atoms with Gasteiger partial charge in [0, 0.05) is 37.3 Å². The number of ether oxygens (including phenoxy) is 1. The van der Waals surface area contributed by atoms with E-state index in [2.05, 4.69) is 4.74 Å². The van der Waals surface area contributed by atoms with Gasteiger partial charge in [0.15, 0.2) is 6.61 Å². The first-order chi connectivity index (χ1) is 14.1. The molecule has 1 saturated heterocycles. The molecule has 2 aromatic carbocycles. The van der Waals surface area contributed by atoms with E-state index in [1.807, 2.05) is 0 Å². The summed E-state index contributed by atoms with van der Waals surface area (Å²) >= 11 is 0. The van der Waals surface area contributed by atoms with E-state index in [-0.39, 0.29) is 23.1 Å². The second-order valence-electron chi connectivity index (χ2n) is 6.98. The van der Waals surface area contributed by atoms with Gasteiger partial charge in [-0.3, -0.25) is 9.59 Å². The Balaban J connectivity index is 1.56. The Morgan fingerprint density at radius 2 is 1.40 bits per heavy atom. The van der Waals surface area contributed by atoms with Crippen LogP contribution in [-0.4, -0.2) is 60.6 Å². The molecule has 1 aliphatic rings. The van der Waals surface area contributed by atoms with Crippen molar-refractivity contribution < 1.29 is 31.9 Å². The minimum atomic E-state index is -4.43. The Morgan fingerprint density at radius 3 is 1.90 bits per heavy atom. The molecule has 1 heterocycles. The van der Waals surface area contributed by atoms with Gasteiger partial charge in [-0.1, -0.05) is 6.07 Å². The van der Waals surface area contributed by atoms with Crippen LogP contribution in [0.3, 0.4) is 0 Å². The maximum Gasteiger partial charge on any atom is 0.422 e. The molecule has 0 radical (unpaired) electrons. The Morgan fingerprint density at radius 1 is 0.900 bits per heavy atom. The van der Waals surface area contributed by atoms with E-state index >= 15 is 0 Å². The number of halogens is 4. The molecule has 1 fully saturated rings. The Kier molecular flexibility index (Phi) is 6.28. The standard InChI is InChI=1S/C21H20F4N2O3/c1-14-2-3-16(12-18(14)22)20(29)27-10-8-26(9-11-27)19(28)15-4-6-17(7-5-15)30-13-21(23,24)25/h2-7,12H,8-11,13H2,1H3. The molecule has 0 aliphatic carbocycles. The number of aryl methyl sites for hydroxylation is 1. The molecule has 0 bridgehead atoms. The molecule has 0 saturated carbocycles. The van der Waals surface area contributed by atoms with Crippen molar-refractivity contribution in [2.45, 2.75) is 13.1 Å².